The van der Waals surface area contributed by atoms with Crippen molar-refractivity contribution in [3.63, 3.8) is 0 Å². The third-order valence-corrected chi connectivity index (χ3v) is 5.66. The van der Waals surface area contributed by atoms with Gasteiger partial charge in [0.1, 0.15) is 0 Å². The van der Waals surface area contributed by atoms with E-state index >= 15 is 0 Å². The van der Waals surface area contributed by atoms with Crippen LogP contribution in [0.3, 0.4) is 0 Å². The number of likely N-dealkylation sites (tertiary alicyclic amines) is 1. The molecule has 1 amide bonds. The van der Waals surface area contributed by atoms with E-state index in [9.17, 15) is 4.79 Å². The van der Waals surface area contributed by atoms with Crippen LogP contribution in [-0.2, 0) is 10.2 Å². The standard InChI is InChI=1S/C20H28N2O.H2/c1-4-15(2)14-22-11-9-20(10-12-22)13-19(21-16(3)23)17-7-5-6-8-18(17)20;/h4-8,19H,9-14H2,1-3H3,(H,21,23);1H/b15-4+;/t19-;/m0./s1. The molecule has 3 heteroatoms. The van der Waals surface area contributed by atoms with E-state index < -0.39 is 0 Å². The third kappa shape index (κ3) is 3.20. The molecule has 1 N–H and O–H groups in total. The molecule has 1 fully saturated rings. The maximum Gasteiger partial charge on any atom is 0.217 e. The summed E-state index contributed by atoms with van der Waals surface area (Å²) in [5, 5.41) is 3.16. The monoisotopic (exact) mass is 314 g/mol. The van der Waals surface area contributed by atoms with E-state index in [-0.39, 0.29) is 18.8 Å². The minimum atomic E-state index is 0. The number of hydrogen-bond acceptors (Lipinski definition) is 2. The molecule has 0 bridgehead atoms. The topological polar surface area (TPSA) is 32.3 Å². The van der Waals surface area contributed by atoms with Gasteiger partial charge < -0.3 is 5.32 Å². The molecule has 1 heterocycles. The first-order valence-electron chi connectivity index (χ1n) is 8.75. The highest BCUT2D eigenvalue weighted by atomic mass is 16.1. The lowest BCUT2D eigenvalue weighted by Gasteiger charge is -2.40. The summed E-state index contributed by atoms with van der Waals surface area (Å²) in [7, 11) is 0. The fourth-order valence-corrected chi connectivity index (χ4v) is 4.33. The number of amides is 1. The number of benzene rings is 1. The molecular weight excluding hydrogens is 284 g/mol. The predicted molar refractivity (Wildman–Crippen MR) is 96.5 cm³/mol. The smallest absolute Gasteiger partial charge is 0.217 e. The van der Waals surface area contributed by atoms with Gasteiger partial charge in [0.25, 0.3) is 0 Å². The van der Waals surface area contributed by atoms with Crippen molar-refractivity contribution >= 4 is 5.91 Å². The molecule has 0 saturated carbocycles. The van der Waals surface area contributed by atoms with Gasteiger partial charge in [-0.25, -0.2) is 0 Å². The first-order valence-corrected chi connectivity index (χ1v) is 8.75. The van der Waals surface area contributed by atoms with Crippen LogP contribution in [0.5, 0.6) is 0 Å². The predicted octanol–water partition coefficient (Wildman–Crippen LogP) is 3.81. The van der Waals surface area contributed by atoms with E-state index in [0.29, 0.717) is 0 Å². The maximum atomic E-state index is 11.6. The molecule has 0 unspecified atom stereocenters. The van der Waals surface area contributed by atoms with Gasteiger partial charge in [-0.05, 0) is 57.3 Å². The highest BCUT2D eigenvalue weighted by molar-refractivity contribution is 5.73. The molecule has 23 heavy (non-hydrogen) atoms. The number of rotatable bonds is 3. The maximum absolute atomic E-state index is 11.6. The van der Waals surface area contributed by atoms with E-state index in [2.05, 4.69) is 54.4 Å². The zero-order valence-electron chi connectivity index (χ0n) is 14.6. The average molecular weight is 314 g/mol. The Hall–Kier alpha value is -1.61. The van der Waals surface area contributed by atoms with E-state index in [0.717, 1.165) is 26.1 Å². The summed E-state index contributed by atoms with van der Waals surface area (Å²) in [5.74, 6) is 0.0722. The number of carbonyl (C=O) groups excluding carboxylic acids is 1. The fraction of sp³-hybridized carbons (Fsp3) is 0.550. The summed E-state index contributed by atoms with van der Waals surface area (Å²) < 4.78 is 0. The van der Waals surface area contributed by atoms with Crippen LogP contribution in [0, 0.1) is 0 Å². The summed E-state index contributed by atoms with van der Waals surface area (Å²) in [6.07, 6.45) is 5.65. The average Bonchev–Trinajstić information content (AvgIpc) is 2.83. The lowest BCUT2D eigenvalue weighted by Crippen LogP contribution is -2.42. The van der Waals surface area contributed by atoms with Gasteiger partial charge in [-0.2, -0.15) is 0 Å². The summed E-state index contributed by atoms with van der Waals surface area (Å²) in [6.45, 7) is 9.33. The van der Waals surface area contributed by atoms with Gasteiger partial charge in [-0.1, -0.05) is 35.9 Å². The van der Waals surface area contributed by atoms with Crippen molar-refractivity contribution < 1.29 is 6.22 Å². The Balaban J connectivity index is 0.00000208. The first kappa shape index (κ1) is 16.3. The molecule has 1 aliphatic heterocycles. The van der Waals surface area contributed by atoms with Gasteiger partial charge in [0.05, 0.1) is 6.04 Å². The number of allylic oxidation sites excluding steroid dienone is 1. The van der Waals surface area contributed by atoms with Gasteiger partial charge in [0.2, 0.25) is 5.91 Å². The van der Waals surface area contributed by atoms with Gasteiger partial charge in [0.15, 0.2) is 0 Å². The van der Waals surface area contributed by atoms with E-state index in [1.807, 2.05) is 0 Å². The second-order valence-corrected chi connectivity index (χ2v) is 7.24. The minimum Gasteiger partial charge on any atom is -0.349 e. The van der Waals surface area contributed by atoms with Crippen molar-refractivity contribution in [2.75, 3.05) is 19.6 Å². The van der Waals surface area contributed by atoms with E-state index in [4.69, 9.17) is 0 Å². The number of fused-ring (bicyclic) bond motifs is 2. The Morgan fingerprint density at radius 2 is 2.04 bits per heavy atom. The molecule has 3 nitrogen and oxygen atoms in total. The van der Waals surface area contributed by atoms with E-state index in [1.165, 1.54) is 29.5 Å². The van der Waals surface area contributed by atoms with E-state index in [1.54, 1.807) is 6.92 Å². The normalized spacial score (nSPS) is 23.8. The Bertz CT molecular complexity index is 618. The molecule has 1 saturated heterocycles. The zero-order chi connectivity index (χ0) is 16.4. The van der Waals surface area contributed by atoms with Crippen molar-refractivity contribution in [3.05, 3.63) is 47.0 Å². The molecule has 1 atom stereocenters. The molecule has 0 aromatic heterocycles. The molecule has 1 aromatic carbocycles. The largest absolute Gasteiger partial charge is 0.349 e. The van der Waals surface area contributed by atoms with Crippen molar-refractivity contribution in [3.8, 4) is 0 Å². The molecule has 126 valence electrons. The molecular formula is C20H30N2O. The highest BCUT2D eigenvalue weighted by Gasteiger charge is 2.45. The Morgan fingerprint density at radius 1 is 1.35 bits per heavy atom. The number of carbonyl (C=O) groups is 1. The van der Waals surface area contributed by atoms with Crippen molar-refractivity contribution in [2.24, 2.45) is 0 Å². The van der Waals surface area contributed by atoms with Crippen LogP contribution in [0.1, 0.15) is 58.6 Å². The number of nitrogens with zero attached hydrogens (tertiary/aromatic N) is 1. The van der Waals surface area contributed by atoms with Gasteiger partial charge >= 0.3 is 0 Å². The summed E-state index contributed by atoms with van der Waals surface area (Å²) >= 11 is 0. The van der Waals surface area contributed by atoms with Crippen LogP contribution in [0.25, 0.3) is 0 Å². The fourth-order valence-electron chi connectivity index (χ4n) is 4.33. The minimum absolute atomic E-state index is 0. The number of hydrogen-bond donors (Lipinski definition) is 1. The summed E-state index contributed by atoms with van der Waals surface area (Å²) in [4.78, 5) is 14.1. The van der Waals surface area contributed by atoms with Crippen LogP contribution in [0.15, 0.2) is 35.9 Å². The van der Waals surface area contributed by atoms with Crippen LogP contribution in [0.2, 0.25) is 0 Å². The first-order chi connectivity index (χ1) is 11.0. The Morgan fingerprint density at radius 3 is 2.70 bits per heavy atom. The molecule has 1 aliphatic carbocycles. The van der Waals surface area contributed by atoms with Crippen LogP contribution >= 0.6 is 0 Å². The zero-order valence-corrected chi connectivity index (χ0v) is 14.6. The van der Waals surface area contributed by atoms with Crippen molar-refractivity contribution in [1.82, 2.24) is 10.2 Å². The summed E-state index contributed by atoms with van der Waals surface area (Å²) in [5.41, 5.74) is 4.51. The second kappa shape index (κ2) is 6.48. The highest BCUT2D eigenvalue weighted by Crippen LogP contribution is 2.50. The molecule has 0 radical (unpaired) electrons. The van der Waals surface area contributed by atoms with Gasteiger partial charge in [0, 0.05) is 20.3 Å². The van der Waals surface area contributed by atoms with Gasteiger partial charge in [-0.15, -0.1) is 0 Å². The Labute approximate surface area is 141 Å². The summed E-state index contributed by atoms with van der Waals surface area (Å²) in [6, 6.07) is 8.91. The Kier molecular flexibility index (Phi) is 4.58. The molecule has 3 rings (SSSR count). The lowest BCUT2D eigenvalue weighted by molar-refractivity contribution is -0.119. The SMILES string of the molecule is C/C=C(\C)CN1CCC2(CC1)C[C@H](NC(C)=O)c1ccccc12.[HH]. The molecule has 1 aromatic rings. The van der Waals surface area contributed by atoms with Crippen LogP contribution < -0.4 is 5.32 Å². The lowest BCUT2D eigenvalue weighted by atomic mass is 9.73. The molecule has 2 aliphatic rings. The number of nitrogens with one attached hydrogen (secondary N) is 1. The quantitative estimate of drug-likeness (QED) is 0.860. The van der Waals surface area contributed by atoms with Crippen molar-refractivity contribution in [1.29, 1.82) is 0 Å². The molecule has 1 spiro atoms. The van der Waals surface area contributed by atoms with Crippen LogP contribution in [0.4, 0.5) is 0 Å². The van der Waals surface area contributed by atoms with Crippen molar-refractivity contribution in [2.45, 2.75) is 51.5 Å². The van der Waals surface area contributed by atoms with Gasteiger partial charge in [-0.3, -0.25) is 9.69 Å². The van der Waals surface area contributed by atoms with Crippen LogP contribution in [-0.4, -0.2) is 30.4 Å². The third-order valence-electron chi connectivity index (χ3n) is 5.66. The number of piperidine rings is 1. The second-order valence-electron chi connectivity index (χ2n) is 7.24.